The third-order valence-electron chi connectivity index (χ3n) is 3.83. The van der Waals surface area contributed by atoms with Gasteiger partial charge in [0.25, 0.3) is 0 Å². The van der Waals surface area contributed by atoms with Crippen molar-refractivity contribution in [2.45, 2.75) is 12.3 Å². The summed E-state index contributed by atoms with van der Waals surface area (Å²) in [5.41, 5.74) is 3.11. The van der Waals surface area contributed by atoms with Crippen LogP contribution in [0.1, 0.15) is 18.1 Å². The minimum absolute atomic E-state index is 0.274. The summed E-state index contributed by atoms with van der Waals surface area (Å²) in [6.45, 7) is 0. The molecule has 0 unspecified atom stereocenters. The van der Waals surface area contributed by atoms with Crippen LogP contribution in [-0.2, 0) is 9.59 Å². The zero-order valence-corrected chi connectivity index (χ0v) is 12.9. The average Bonchev–Trinajstić information content (AvgIpc) is 3.10. The SMILES string of the molecule is O=C[C@@H](CC(=O)O)c1ccc(-c2ccc(-c3ccccc3)cc2)o1. The van der Waals surface area contributed by atoms with Crippen molar-refractivity contribution in [3.8, 4) is 22.5 Å². The zero-order chi connectivity index (χ0) is 16.9. The Bertz CT molecular complexity index is 832. The van der Waals surface area contributed by atoms with Gasteiger partial charge in [-0.05, 0) is 23.3 Å². The maximum atomic E-state index is 11.1. The minimum atomic E-state index is -1.03. The van der Waals surface area contributed by atoms with Crippen LogP contribution < -0.4 is 0 Å². The molecule has 120 valence electrons. The predicted octanol–water partition coefficient (Wildman–Crippen LogP) is 4.37. The summed E-state index contributed by atoms with van der Waals surface area (Å²) in [7, 11) is 0. The molecular formula is C20H16O4. The summed E-state index contributed by atoms with van der Waals surface area (Å²) in [5, 5.41) is 8.84. The normalized spacial score (nSPS) is 11.8. The molecule has 4 heteroatoms. The molecule has 0 saturated carbocycles. The van der Waals surface area contributed by atoms with E-state index in [0.29, 0.717) is 17.8 Å². The second-order valence-corrected chi connectivity index (χ2v) is 5.49. The second kappa shape index (κ2) is 6.96. The summed E-state index contributed by atoms with van der Waals surface area (Å²) in [6, 6.07) is 21.3. The monoisotopic (exact) mass is 320 g/mol. The summed E-state index contributed by atoms with van der Waals surface area (Å²) in [5.74, 6) is -0.812. The molecule has 0 aliphatic carbocycles. The predicted molar refractivity (Wildman–Crippen MR) is 90.6 cm³/mol. The van der Waals surface area contributed by atoms with Gasteiger partial charge in [0.15, 0.2) is 0 Å². The maximum Gasteiger partial charge on any atom is 0.304 e. The first kappa shape index (κ1) is 15.7. The lowest BCUT2D eigenvalue weighted by Crippen LogP contribution is -2.06. The van der Waals surface area contributed by atoms with Crippen LogP contribution in [0.5, 0.6) is 0 Å². The fourth-order valence-corrected chi connectivity index (χ4v) is 2.57. The van der Waals surface area contributed by atoms with Gasteiger partial charge < -0.3 is 14.3 Å². The highest BCUT2D eigenvalue weighted by atomic mass is 16.4. The van der Waals surface area contributed by atoms with Gasteiger partial charge in [-0.1, -0.05) is 54.6 Å². The van der Waals surface area contributed by atoms with Crippen molar-refractivity contribution in [1.82, 2.24) is 0 Å². The van der Waals surface area contributed by atoms with Gasteiger partial charge in [0, 0.05) is 5.56 Å². The number of carboxylic acid groups (broad SMARTS) is 1. The molecule has 1 heterocycles. The summed E-state index contributed by atoms with van der Waals surface area (Å²) in [6.07, 6.45) is 0.332. The van der Waals surface area contributed by atoms with E-state index in [1.54, 1.807) is 12.1 Å². The maximum absolute atomic E-state index is 11.1. The molecule has 1 N–H and O–H groups in total. The molecule has 3 aromatic rings. The van der Waals surface area contributed by atoms with Crippen molar-refractivity contribution in [2.24, 2.45) is 0 Å². The number of hydrogen-bond acceptors (Lipinski definition) is 3. The molecule has 0 saturated heterocycles. The quantitative estimate of drug-likeness (QED) is 0.685. The third-order valence-corrected chi connectivity index (χ3v) is 3.83. The minimum Gasteiger partial charge on any atom is -0.481 e. The van der Waals surface area contributed by atoms with Crippen LogP contribution in [0.15, 0.2) is 71.1 Å². The van der Waals surface area contributed by atoms with Crippen molar-refractivity contribution in [3.63, 3.8) is 0 Å². The first-order valence-electron chi connectivity index (χ1n) is 7.60. The van der Waals surface area contributed by atoms with E-state index in [-0.39, 0.29) is 6.42 Å². The highest BCUT2D eigenvalue weighted by Gasteiger charge is 2.18. The second-order valence-electron chi connectivity index (χ2n) is 5.49. The number of benzene rings is 2. The Balaban J connectivity index is 1.82. The Hall–Kier alpha value is -3.14. The van der Waals surface area contributed by atoms with Gasteiger partial charge in [-0.15, -0.1) is 0 Å². The first-order chi connectivity index (χ1) is 11.7. The third kappa shape index (κ3) is 3.43. The molecule has 24 heavy (non-hydrogen) atoms. The summed E-state index contributed by atoms with van der Waals surface area (Å²) in [4.78, 5) is 21.9. The molecule has 0 radical (unpaired) electrons. The Morgan fingerprint density at radius 2 is 1.54 bits per heavy atom. The van der Waals surface area contributed by atoms with Gasteiger partial charge in [0.05, 0.1) is 12.3 Å². The van der Waals surface area contributed by atoms with Crippen LogP contribution in [0.25, 0.3) is 22.5 Å². The van der Waals surface area contributed by atoms with E-state index in [0.717, 1.165) is 16.7 Å². The van der Waals surface area contributed by atoms with E-state index in [1.807, 2.05) is 54.6 Å². The molecule has 4 nitrogen and oxygen atoms in total. The zero-order valence-electron chi connectivity index (χ0n) is 12.9. The first-order valence-corrected chi connectivity index (χ1v) is 7.60. The van der Waals surface area contributed by atoms with Gasteiger partial charge in [0.2, 0.25) is 0 Å². The van der Waals surface area contributed by atoms with Crippen LogP contribution in [0, 0.1) is 0 Å². The molecule has 1 atom stereocenters. The highest BCUT2D eigenvalue weighted by molar-refractivity contribution is 5.75. The number of aliphatic carboxylic acids is 1. The molecule has 0 aliphatic heterocycles. The number of carbonyl (C=O) groups excluding carboxylic acids is 1. The van der Waals surface area contributed by atoms with Crippen molar-refractivity contribution < 1.29 is 19.1 Å². The van der Waals surface area contributed by atoms with E-state index in [1.165, 1.54) is 0 Å². The Morgan fingerprint density at radius 3 is 2.17 bits per heavy atom. The van der Waals surface area contributed by atoms with E-state index in [2.05, 4.69) is 0 Å². The van der Waals surface area contributed by atoms with Gasteiger partial charge >= 0.3 is 5.97 Å². The van der Waals surface area contributed by atoms with E-state index in [9.17, 15) is 9.59 Å². The van der Waals surface area contributed by atoms with Crippen molar-refractivity contribution in [2.75, 3.05) is 0 Å². The molecule has 3 rings (SSSR count). The number of carboxylic acids is 1. The molecule has 0 spiro atoms. The molecule has 2 aromatic carbocycles. The topological polar surface area (TPSA) is 67.5 Å². The van der Waals surface area contributed by atoms with E-state index in [4.69, 9.17) is 9.52 Å². The van der Waals surface area contributed by atoms with Gasteiger partial charge in [-0.25, -0.2) is 0 Å². The van der Waals surface area contributed by atoms with Crippen LogP contribution in [-0.4, -0.2) is 17.4 Å². The van der Waals surface area contributed by atoms with Crippen LogP contribution in [0.4, 0.5) is 0 Å². The molecule has 0 amide bonds. The average molecular weight is 320 g/mol. The van der Waals surface area contributed by atoms with Crippen LogP contribution in [0.3, 0.4) is 0 Å². The Labute approximate surface area is 139 Å². The van der Waals surface area contributed by atoms with Crippen molar-refractivity contribution in [3.05, 3.63) is 72.5 Å². The fraction of sp³-hybridized carbons (Fsp3) is 0.100. The van der Waals surface area contributed by atoms with Crippen molar-refractivity contribution in [1.29, 1.82) is 0 Å². The molecule has 0 fully saturated rings. The largest absolute Gasteiger partial charge is 0.481 e. The number of hydrogen-bond donors (Lipinski definition) is 1. The Kier molecular flexibility index (Phi) is 4.57. The molecule has 0 aliphatic rings. The van der Waals surface area contributed by atoms with Crippen LogP contribution >= 0.6 is 0 Å². The van der Waals surface area contributed by atoms with Gasteiger partial charge in [-0.3, -0.25) is 4.79 Å². The summed E-state index contributed by atoms with van der Waals surface area (Å²) < 4.78 is 5.67. The van der Waals surface area contributed by atoms with Gasteiger partial charge in [-0.2, -0.15) is 0 Å². The number of rotatable bonds is 6. The smallest absolute Gasteiger partial charge is 0.304 e. The fourth-order valence-electron chi connectivity index (χ4n) is 2.57. The van der Waals surface area contributed by atoms with Gasteiger partial charge in [0.1, 0.15) is 17.8 Å². The Morgan fingerprint density at radius 1 is 0.917 bits per heavy atom. The number of aldehydes is 1. The standard InChI is InChI=1S/C20H16O4/c21-13-17(12-20(22)23)19-11-10-18(24-19)16-8-6-15(7-9-16)14-4-2-1-3-5-14/h1-11,13,17H,12H2,(H,22,23)/t17-/m1/s1. The lowest BCUT2D eigenvalue weighted by atomic mass is 10.0. The lowest BCUT2D eigenvalue weighted by molar-refractivity contribution is -0.138. The van der Waals surface area contributed by atoms with Crippen molar-refractivity contribution >= 4 is 12.3 Å². The van der Waals surface area contributed by atoms with Crippen LogP contribution in [0.2, 0.25) is 0 Å². The lowest BCUT2D eigenvalue weighted by Gasteiger charge is -2.04. The molecule has 0 bridgehead atoms. The number of furan rings is 1. The summed E-state index contributed by atoms with van der Waals surface area (Å²) >= 11 is 0. The molecule has 1 aromatic heterocycles. The number of carbonyl (C=O) groups is 2. The highest BCUT2D eigenvalue weighted by Crippen LogP contribution is 2.29. The van der Waals surface area contributed by atoms with E-state index >= 15 is 0 Å². The molecular weight excluding hydrogens is 304 g/mol. The van der Waals surface area contributed by atoms with E-state index < -0.39 is 11.9 Å².